The van der Waals surface area contributed by atoms with Gasteiger partial charge in [-0.25, -0.2) is 13.8 Å². The number of aromatic nitrogens is 3. The lowest BCUT2D eigenvalue weighted by Gasteiger charge is -2.07. The van der Waals surface area contributed by atoms with E-state index in [0.29, 0.717) is 5.56 Å². The molecule has 0 bridgehead atoms. The molecular formula is C21H14F2N4O. The summed E-state index contributed by atoms with van der Waals surface area (Å²) in [6.45, 7) is -0.0978. The average molecular weight is 376 g/mol. The highest BCUT2D eigenvalue weighted by atomic mass is 19.1. The molecule has 0 saturated carbocycles. The summed E-state index contributed by atoms with van der Waals surface area (Å²) < 4.78 is 27.0. The molecule has 0 spiro atoms. The van der Waals surface area contributed by atoms with Crippen molar-refractivity contribution in [2.24, 2.45) is 0 Å². The molecule has 3 aromatic carbocycles. The Bertz CT molecular complexity index is 1370. The summed E-state index contributed by atoms with van der Waals surface area (Å²) >= 11 is 0. The van der Waals surface area contributed by atoms with Crippen LogP contribution < -0.4 is 5.32 Å². The van der Waals surface area contributed by atoms with E-state index in [1.165, 1.54) is 0 Å². The van der Waals surface area contributed by atoms with Crippen molar-refractivity contribution < 1.29 is 13.6 Å². The van der Waals surface area contributed by atoms with Crippen LogP contribution in [0.15, 0.2) is 54.7 Å². The van der Waals surface area contributed by atoms with Crippen LogP contribution in [0.25, 0.3) is 32.7 Å². The summed E-state index contributed by atoms with van der Waals surface area (Å²) in [6, 6.07) is 12.3. The zero-order valence-corrected chi connectivity index (χ0v) is 14.5. The maximum absolute atomic E-state index is 13.7. The first kappa shape index (κ1) is 16.4. The third kappa shape index (κ3) is 2.60. The van der Waals surface area contributed by atoms with Crippen LogP contribution in [0.4, 0.5) is 8.78 Å². The summed E-state index contributed by atoms with van der Waals surface area (Å²) in [7, 11) is 0. The first-order chi connectivity index (χ1) is 13.6. The van der Waals surface area contributed by atoms with Gasteiger partial charge in [0.1, 0.15) is 11.6 Å². The predicted octanol–water partition coefficient (Wildman–Crippen LogP) is 4.41. The lowest BCUT2D eigenvalue weighted by atomic mass is 10.1. The number of fused-ring (bicyclic) bond motifs is 5. The Morgan fingerprint density at radius 2 is 1.93 bits per heavy atom. The maximum Gasteiger partial charge on any atom is 0.251 e. The number of nitrogens with zero attached hydrogens (tertiary/aromatic N) is 1. The van der Waals surface area contributed by atoms with Crippen LogP contribution in [0, 0.1) is 11.6 Å². The number of H-pyrrole nitrogens is 2. The van der Waals surface area contributed by atoms with Crippen LogP contribution in [-0.4, -0.2) is 21.1 Å². The molecule has 0 aliphatic carbocycles. The molecule has 28 heavy (non-hydrogen) atoms. The number of carbonyl (C=O) groups is 1. The van der Waals surface area contributed by atoms with E-state index < -0.39 is 11.6 Å². The van der Waals surface area contributed by atoms with E-state index in [1.807, 2.05) is 18.3 Å². The minimum atomic E-state index is -0.560. The van der Waals surface area contributed by atoms with Gasteiger partial charge in [0.15, 0.2) is 0 Å². The number of hydrogen-bond donors (Lipinski definition) is 3. The number of carbonyl (C=O) groups excluding carboxylic acids is 1. The highest BCUT2D eigenvalue weighted by molar-refractivity contribution is 6.16. The third-order valence-corrected chi connectivity index (χ3v) is 4.86. The SMILES string of the molecule is O=C(NCc1cc(F)ccc1F)c1ccc2nc3c(ccc4c[nH][nH]c43)c2c1. The Kier molecular flexibility index (Phi) is 3.61. The van der Waals surface area contributed by atoms with Gasteiger partial charge in [0.2, 0.25) is 0 Å². The lowest BCUT2D eigenvalue weighted by molar-refractivity contribution is 0.0950. The average Bonchev–Trinajstić information content (AvgIpc) is 3.31. The lowest BCUT2D eigenvalue weighted by Crippen LogP contribution is -2.23. The smallest absolute Gasteiger partial charge is 0.251 e. The van der Waals surface area contributed by atoms with E-state index in [1.54, 1.807) is 18.2 Å². The molecule has 5 rings (SSSR count). The molecule has 0 aliphatic heterocycles. The summed E-state index contributed by atoms with van der Waals surface area (Å²) in [5.74, 6) is -1.47. The van der Waals surface area contributed by atoms with Gasteiger partial charge >= 0.3 is 0 Å². The van der Waals surface area contributed by atoms with Gasteiger partial charge in [-0.3, -0.25) is 9.89 Å². The van der Waals surface area contributed by atoms with Crippen molar-refractivity contribution in [1.29, 1.82) is 0 Å². The Balaban J connectivity index is 1.49. The molecule has 1 amide bonds. The van der Waals surface area contributed by atoms with E-state index in [2.05, 4.69) is 20.5 Å². The predicted molar refractivity (Wildman–Crippen MR) is 103 cm³/mol. The first-order valence-electron chi connectivity index (χ1n) is 8.70. The molecule has 0 unspecified atom stereocenters. The first-order valence-corrected chi connectivity index (χ1v) is 8.70. The zero-order chi connectivity index (χ0) is 19.3. The number of nitrogens with one attached hydrogen (secondary N) is 3. The second-order valence-electron chi connectivity index (χ2n) is 6.60. The monoisotopic (exact) mass is 376 g/mol. The number of halogens is 2. The van der Waals surface area contributed by atoms with Crippen molar-refractivity contribution in [1.82, 2.24) is 20.5 Å². The van der Waals surface area contributed by atoms with Gasteiger partial charge in [-0.15, -0.1) is 0 Å². The second-order valence-corrected chi connectivity index (χ2v) is 6.60. The number of benzene rings is 3. The molecule has 0 fully saturated rings. The molecule has 5 nitrogen and oxygen atoms in total. The fourth-order valence-corrected chi connectivity index (χ4v) is 3.45. The standard InChI is InChI=1S/C21H14F2N4O/c22-14-3-5-17(23)13(7-14)9-24-21(28)11-2-6-18-16(8-11)15-4-1-12-10-25-27-19(12)20(15)26-18/h1-8,10,25,27H,9H2,(H,24,28). The normalized spacial score (nSPS) is 11.5. The Labute approximate surface area is 157 Å². The van der Waals surface area contributed by atoms with Gasteiger partial charge in [0.05, 0.1) is 16.6 Å². The Morgan fingerprint density at radius 1 is 1.04 bits per heavy atom. The molecule has 3 N–H and O–H groups in total. The minimum Gasteiger partial charge on any atom is -0.348 e. The van der Waals surface area contributed by atoms with Crippen molar-refractivity contribution in [3.8, 4) is 0 Å². The van der Waals surface area contributed by atoms with Crippen LogP contribution in [0.3, 0.4) is 0 Å². The van der Waals surface area contributed by atoms with Crippen molar-refractivity contribution in [2.45, 2.75) is 6.54 Å². The van der Waals surface area contributed by atoms with E-state index in [9.17, 15) is 13.6 Å². The van der Waals surface area contributed by atoms with Crippen molar-refractivity contribution in [3.63, 3.8) is 0 Å². The topological polar surface area (TPSA) is 73.6 Å². The molecule has 2 aromatic heterocycles. The Hall–Kier alpha value is -3.74. The van der Waals surface area contributed by atoms with Crippen LogP contribution in [0.2, 0.25) is 0 Å². The van der Waals surface area contributed by atoms with Gasteiger partial charge in [-0.05, 0) is 36.4 Å². The van der Waals surface area contributed by atoms with Crippen LogP contribution in [0.1, 0.15) is 15.9 Å². The van der Waals surface area contributed by atoms with Gasteiger partial charge in [-0.1, -0.05) is 12.1 Å². The van der Waals surface area contributed by atoms with Crippen LogP contribution in [-0.2, 0) is 6.54 Å². The number of aromatic amines is 2. The fraction of sp³-hybridized carbons (Fsp3) is 0.0476. The van der Waals surface area contributed by atoms with E-state index >= 15 is 0 Å². The zero-order valence-electron chi connectivity index (χ0n) is 14.5. The molecule has 7 heteroatoms. The summed E-state index contributed by atoms with van der Waals surface area (Å²) in [4.78, 5) is 17.2. The summed E-state index contributed by atoms with van der Waals surface area (Å²) in [5.41, 5.74) is 3.04. The minimum absolute atomic E-state index is 0.0974. The van der Waals surface area contributed by atoms with Gasteiger partial charge in [0, 0.05) is 40.0 Å². The van der Waals surface area contributed by atoms with Gasteiger partial charge < -0.3 is 10.4 Å². The third-order valence-electron chi connectivity index (χ3n) is 4.86. The fourth-order valence-electron chi connectivity index (χ4n) is 3.45. The van der Waals surface area contributed by atoms with E-state index in [4.69, 9.17) is 0 Å². The molecule has 2 heterocycles. The molecule has 0 atom stereocenters. The number of hydrogen-bond acceptors (Lipinski definition) is 2. The van der Waals surface area contributed by atoms with Gasteiger partial charge in [0.25, 0.3) is 5.91 Å². The highest BCUT2D eigenvalue weighted by Gasteiger charge is 2.13. The molecule has 0 radical (unpaired) electrons. The van der Waals surface area contributed by atoms with Crippen molar-refractivity contribution in [3.05, 3.63) is 77.5 Å². The molecule has 0 saturated heterocycles. The van der Waals surface area contributed by atoms with Crippen LogP contribution in [0.5, 0.6) is 0 Å². The molecule has 5 aromatic rings. The summed E-state index contributed by atoms with van der Waals surface area (Å²) in [6.07, 6.45) is 1.86. The molecule has 0 aliphatic rings. The van der Waals surface area contributed by atoms with Gasteiger partial charge in [-0.2, -0.15) is 0 Å². The van der Waals surface area contributed by atoms with E-state index in [0.717, 1.165) is 50.9 Å². The Morgan fingerprint density at radius 3 is 2.82 bits per heavy atom. The second kappa shape index (κ2) is 6.16. The van der Waals surface area contributed by atoms with E-state index in [-0.39, 0.29) is 18.0 Å². The van der Waals surface area contributed by atoms with Crippen molar-refractivity contribution in [2.75, 3.05) is 0 Å². The molecular weight excluding hydrogens is 362 g/mol. The maximum atomic E-state index is 13.7. The largest absolute Gasteiger partial charge is 0.348 e. The summed E-state index contributed by atoms with van der Waals surface area (Å²) in [5, 5.41) is 11.5. The number of amides is 1. The highest BCUT2D eigenvalue weighted by Crippen LogP contribution is 2.30. The quantitative estimate of drug-likeness (QED) is 0.436. The number of rotatable bonds is 3. The van der Waals surface area contributed by atoms with Crippen molar-refractivity contribution >= 4 is 38.6 Å². The molecule has 138 valence electrons. The van der Waals surface area contributed by atoms with Crippen LogP contribution >= 0.6 is 0 Å².